The lowest BCUT2D eigenvalue weighted by Gasteiger charge is -2.21. The van der Waals surface area contributed by atoms with Crippen molar-refractivity contribution in [2.45, 2.75) is 52.0 Å². The van der Waals surface area contributed by atoms with Crippen LogP contribution in [0.25, 0.3) is 5.82 Å². The van der Waals surface area contributed by atoms with Gasteiger partial charge in [-0.1, -0.05) is 49.7 Å². The molecule has 1 amide bonds. The molecule has 0 aliphatic rings. The molecule has 0 bridgehead atoms. The molecule has 0 saturated carbocycles. The van der Waals surface area contributed by atoms with Crippen LogP contribution in [0.3, 0.4) is 0 Å². The van der Waals surface area contributed by atoms with E-state index in [4.69, 9.17) is 11.6 Å². The van der Waals surface area contributed by atoms with Gasteiger partial charge in [0.15, 0.2) is 0 Å². The van der Waals surface area contributed by atoms with Gasteiger partial charge < -0.3 is 16.0 Å². The van der Waals surface area contributed by atoms with Crippen LogP contribution in [0.1, 0.15) is 43.4 Å². The number of amides is 1. The van der Waals surface area contributed by atoms with E-state index in [9.17, 15) is 18.0 Å². The molecule has 0 aliphatic heterocycles. The first-order valence-electron chi connectivity index (χ1n) is 13.1. The molecule has 2 heterocycles. The van der Waals surface area contributed by atoms with Gasteiger partial charge in [0.25, 0.3) is 0 Å². The van der Waals surface area contributed by atoms with E-state index in [1.54, 1.807) is 35.4 Å². The maximum absolute atomic E-state index is 13.3. The number of halogens is 4. The minimum Gasteiger partial charge on any atom is -0.358 e. The highest BCUT2D eigenvalue weighted by Gasteiger charge is 2.30. The molecule has 2 aromatic carbocycles. The molecule has 1 atom stereocenters. The van der Waals surface area contributed by atoms with E-state index in [1.807, 2.05) is 18.2 Å². The largest absolute Gasteiger partial charge is 0.416 e. The van der Waals surface area contributed by atoms with Gasteiger partial charge in [-0.15, -0.1) is 0 Å². The fourth-order valence-electron chi connectivity index (χ4n) is 4.01. The quantitative estimate of drug-likeness (QED) is 0.176. The lowest BCUT2D eigenvalue weighted by atomic mass is 10.0. The molecule has 3 N–H and O–H groups in total. The Labute approximate surface area is 241 Å². The maximum Gasteiger partial charge on any atom is 0.416 e. The van der Waals surface area contributed by atoms with Gasteiger partial charge >= 0.3 is 6.18 Å². The van der Waals surface area contributed by atoms with Crippen LogP contribution in [-0.4, -0.2) is 31.5 Å². The van der Waals surface area contributed by atoms with Crippen molar-refractivity contribution in [3.63, 3.8) is 0 Å². The van der Waals surface area contributed by atoms with Crippen molar-refractivity contribution >= 4 is 29.3 Å². The SMILES string of the molecule is CC(C)CC[C@@H](Nc1cc(-n2ccnc2)nc(NCc2cccc(Cl)c2)n1)C(=O)NCc1ccc(C(F)(F)F)cc1. The van der Waals surface area contributed by atoms with Crippen molar-refractivity contribution in [2.24, 2.45) is 5.92 Å². The molecule has 0 saturated heterocycles. The third-order valence-corrected chi connectivity index (χ3v) is 6.48. The van der Waals surface area contributed by atoms with E-state index in [0.29, 0.717) is 47.1 Å². The maximum atomic E-state index is 13.3. The van der Waals surface area contributed by atoms with Crippen LogP contribution in [0, 0.1) is 5.92 Å². The van der Waals surface area contributed by atoms with Crippen molar-refractivity contribution in [1.29, 1.82) is 0 Å². The zero-order valence-corrected chi connectivity index (χ0v) is 23.4. The lowest BCUT2D eigenvalue weighted by Crippen LogP contribution is -2.39. The second-order valence-corrected chi connectivity index (χ2v) is 10.4. The molecule has 0 unspecified atom stereocenters. The number of nitrogens with one attached hydrogen (secondary N) is 3. The van der Waals surface area contributed by atoms with E-state index >= 15 is 0 Å². The molecule has 41 heavy (non-hydrogen) atoms. The summed E-state index contributed by atoms with van der Waals surface area (Å²) in [5.74, 6) is 1.37. The highest BCUT2D eigenvalue weighted by Crippen LogP contribution is 2.29. The molecule has 0 spiro atoms. The van der Waals surface area contributed by atoms with Gasteiger partial charge in [0.05, 0.1) is 5.56 Å². The monoisotopic (exact) mass is 585 g/mol. The van der Waals surface area contributed by atoms with Crippen molar-refractivity contribution < 1.29 is 18.0 Å². The summed E-state index contributed by atoms with van der Waals surface area (Å²) in [6, 6.07) is 13.2. The average molecular weight is 586 g/mol. The average Bonchev–Trinajstić information content (AvgIpc) is 3.48. The van der Waals surface area contributed by atoms with Crippen LogP contribution in [0.5, 0.6) is 0 Å². The number of alkyl halides is 3. The predicted molar refractivity (Wildman–Crippen MR) is 153 cm³/mol. The molecule has 0 radical (unpaired) electrons. The Morgan fingerprint density at radius 3 is 2.44 bits per heavy atom. The van der Waals surface area contributed by atoms with Gasteiger partial charge in [-0.2, -0.15) is 23.1 Å². The van der Waals surface area contributed by atoms with Crippen LogP contribution in [0.2, 0.25) is 5.02 Å². The van der Waals surface area contributed by atoms with E-state index in [1.165, 1.54) is 12.1 Å². The van der Waals surface area contributed by atoms with E-state index in [-0.39, 0.29) is 12.5 Å². The Hall–Kier alpha value is -4.12. The zero-order chi connectivity index (χ0) is 29.4. The number of rotatable bonds is 12. The summed E-state index contributed by atoms with van der Waals surface area (Å²) in [7, 11) is 0. The molecule has 12 heteroatoms. The Bertz CT molecular complexity index is 1430. The first-order valence-corrected chi connectivity index (χ1v) is 13.5. The summed E-state index contributed by atoms with van der Waals surface area (Å²) in [5, 5.41) is 9.91. The van der Waals surface area contributed by atoms with Crippen LogP contribution < -0.4 is 16.0 Å². The highest BCUT2D eigenvalue weighted by molar-refractivity contribution is 6.30. The molecule has 2 aromatic heterocycles. The number of imidazole rings is 1. The van der Waals surface area contributed by atoms with E-state index in [0.717, 1.165) is 24.1 Å². The van der Waals surface area contributed by atoms with Crippen molar-refractivity contribution in [2.75, 3.05) is 10.6 Å². The number of carbonyl (C=O) groups is 1. The predicted octanol–water partition coefficient (Wildman–Crippen LogP) is 6.48. The fraction of sp³-hybridized carbons (Fsp3) is 0.310. The topological polar surface area (TPSA) is 96.8 Å². The third-order valence-electron chi connectivity index (χ3n) is 6.24. The molecule has 8 nitrogen and oxygen atoms in total. The van der Waals surface area contributed by atoms with Crippen LogP contribution in [0.15, 0.2) is 73.3 Å². The number of hydrogen-bond acceptors (Lipinski definition) is 6. The third kappa shape index (κ3) is 8.94. The number of aromatic nitrogens is 4. The molecule has 4 aromatic rings. The van der Waals surface area contributed by atoms with Crippen LogP contribution >= 0.6 is 11.6 Å². The van der Waals surface area contributed by atoms with Crippen molar-refractivity contribution in [3.8, 4) is 5.82 Å². The highest BCUT2D eigenvalue weighted by atomic mass is 35.5. The number of nitrogens with zero attached hydrogens (tertiary/aromatic N) is 4. The number of carbonyl (C=O) groups excluding carboxylic acids is 1. The summed E-state index contributed by atoms with van der Waals surface area (Å²) in [5.41, 5.74) is 0.772. The van der Waals surface area contributed by atoms with Gasteiger partial charge in [0.1, 0.15) is 24.0 Å². The molecule has 216 valence electrons. The first kappa shape index (κ1) is 29.9. The van der Waals surface area contributed by atoms with Gasteiger partial charge in [0.2, 0.25) is 11.9 Å². The summed E-state index contributed by atoms with van der Waals surface area (Å²) in [4.78, 5) is 26.5. The van der Waals surface area contributed by atoms with Crippen LogP contribution in [0.4, 0.5) is 24.9 Å². The second kappa shape index (κ2) is 13.5. The number of benzene rings is 2. The zero-order valence-electron chi connectivity index (χ0n) is 22.6. The Kier molecular flexibility index (Phi) is 9.82. The Morgan fingerprint density at radius 1 is 1.00 bits per heavy atom. The molecule has 0 fully saturated rings. The normalized spacial score (nSPS) is 12.3. The number of hydrogen-bond donors (Lipinski definition) is 3. The van der Waals surface area contributed by atoms with Gasteiger partial charge in [-0.05, 0) is 54.2 Å². The van der Waals surface area contributed by atoms with E-state index in [2.05, 4.69) is 44.7 Å². The van der Waals surface area contributed by atoms with Crippen LogP contribution in [-0.2, 0) is 24.1 Å². The smallest absolute Gasteiger partial charge is 0.358 e. The second-order valence-electron chi connectivity index (χ2n) is 9.97. The van der Waals surface area contributed by atoms with Crippen molar-refractivity contribution in [3.05, 3.63) is 95.0 Å². The van der Waals surface area contributed by atoms with Gasteiger partial charge in [-0.25, -0.2) is 4.98 Å². The van der Waals surface area contributed by atoms with Gasteiger partial charge in [0, 0.05) is 36.6 Å². The molecule has 4 rings (SSSR count). The lowest BCUT2D eigenvalue weighted by molar-refractivity contribution is -0.137. The minimum absolute atomic E-state index is 0.0906. The van der Waals surface area contributed by atoms with E-state index < -0.39 is 17.8 Å². The Balaban J connectivity index is 1.51. The molecular weight excluding hydrogens is 555 g/mol. The molecule has 0 aliphatic carbocycles. The summed E-state index contributed by atoms with van der Waals surface area (Å²) >= 11 is 6.11. The fourth-order valence-corrected chi connectivity index (χ4v) is 4.23. The molecular formula is C29H31ClF3N7O. The van der Waals surface area contributed by atoms with Gasteiger partial charge in [-0.3, -0.25) is 9.36 Å². The first-order chi connectivity index (χ1) is 19.6. The summed E-state index contributed by atoms with van der Waals surface area (Å²) < 4.78 is 40.4. The Morgan fingerprint density at radius 2 is 1.78 bits per heavy atom. The minimum atomic E-state index is -4.41. The standard InChI is InChI=1S/C29H31ClF3N7O/c1-19(2)6-11-24(27(41)35-16-20-7-9-22(10-8-20)29(31,32)33)37-25-15-26(40-13-12-34-18-40)39-28(38-25)36-17-21-4-3-5-23(30)14-21/h3-5,7-10,12-15,18-19,24H,6,11,16-17H2,1-2H3,(H,35,41)(H2,36,37,38,39)/t24-/m1/s1. The van der Waals surface area contributed by atoms with Crippen molar-refractivity contribution in [1.82, 2.24) is 24.8 Å². The summed E-state index contributed by atoms with van der Waals surface area (Å²) in [6.45, 7) is 4.65. The summed E-state index contributed by atoms with van der Waals surface area (Å²) in [6.07, 6.45) is 1.87. The number of anilines is 2.